The van der Waals surface area contributed by atoms with Crippen LogP contribution in [-0.2, 0) is 0 Å². The summed E-state index contributed by atoms with van der Waals surface area (Å²) < 4.78 is 0. The average molecular weight is 248 g/mol. The Morgan fingerprint density at radius 3 is 2.68 bits per heavy atom. The maximum atomic E-state index is 2.36. The van der Waals surface area contributed by atoms with Gasteiger partial charge in [0.1, 0.15) is 0 Å². The summed E-state index contributed by atoms with van der Waals surface area (Å²) in [6.45, 7) is 4.37. The lowest BCUT2D eigenvalue weighted by atomic mass is 9.84. The summed E-state index contributed by atoms with van der Waals surface area (Å²) >= 11 is 0. The number of allylic oxidation sites excluding steroid dienone is 8. The molecule has 0 aromatic heterocycles. The van der Waals surface area contributed by atoms with Crippen molar-refractivity contribution in [2.75, 3.05) is 0 Å². The number of hydrogen-bond donors (Lipinski definition) is 0. The normalized spacial score (nSPS) is 20.7. The van der Waals surface area contributed by atoms with E-state index in [9.17, 15) is 0 Å². The molecule has 0 spiro atoms. The molecule has 1 aromatic rings. The van der Waals surface area contributed by atoms with Gasteiger partial charge in [-0.15, -0.1) is 0 Å². The third-order valence-electron chi connectivity index (χ3n) is 4.00. The van der Waals surface area contributed by atoms with Crippen LogP contribution in [0.2, 0.25) is 0 Å². The van der Waals surface area contributed by atoms with E-state index in [1.54, 1.807) is 0 Å². The van der Waals surface area contributed by atoms with Gasteiger partial charge >= 0.3 is 0 Å². The summed E-state index contributed by atoms with van der Waals surface area (Å²) in [5.74, 6) is 0.573. The zero-order chi connectivity index (χ0) is 13.2. The molecule has 3 rings (SSSR count). The SMILES string of the molecule is C/C=C\C1=C2C(=CC=CC2CCC)c2ccccc21. The zero-order valence-electron chi connectivity index (χ0n) is 11.7. The van der Waals surface area contributed by atoms with Gasteiger partial charge in [0.05, 0.1) is 0 Å². The quantitative estimate of drug-likeness (QED) is 0.672. The van der Waals surface area contributed by atoms with E-state index in [0.717, 1.165) is 0 Å². The highest BCUT2D eigenvalue weighted by Crippen LogP contribution is 2.48. The third kappa shape index (κ3) is 1.92. The van der Waals surface area contributed by atoms with Crippen LogP contribution in [0.15, 0.2) is 60.2 Å². The molecular formula is C19H20. The van der Waals surface area contributed by atoms with E-state index in [0.29, 0.717) is 5.92 Å². The van der Waals surface area contributed by atoms with Crippen LogP contribution in [0.25, 0.3) is 11.1 Å². The van der Waals surface area contributed by atoms with Crippen LogP contribution in [0.1, 0.15) is 37.8 Å². The van der Waals surface area contributed by atoms with Crippen molar-refractivity contribution in [2.45, 2.75) is 26.7 Å². The summed E-state index contributed by atoms with van der Waals surface area (Å²) in [4.78, 5) is 0. The van der Waals surface area contributed by atoms with Gasteiger partial charge in [0.2, 0.25) is 0 Å². The van der Waals surface area contributed by atoms with Gasteiger partial charge in [-0.1, -0.05) is 68.0 Å². The summed E-state index contributed by atoms with van der Waals surface area (Å²) in [6, 6.07) is 8.78. The van der Waals surface area contributed by atoms with Gasteiger partial charge in [-0.25, -0.2) is 0 Å². The average Bonchev–Trinajstić information content (AvgIpc) is 2.76. The van der Waals surface area contributed by atoms with Crippen LogP contribution in [0.4, 0.5) is 0 Å². The van der Waals surface area contributed by atoms with E-state index in [1.165, 1.54) is 40.7 Å². The lowest BCUT2D eigenvalue weighted by Crippen LogP contribution is -2.04. The highest BCUT2D eigenvalue weighted by Gasteiger charge is 2.29. The second-order valence-electron chi connectivity index (χ2n) is 5.23. The van der Waals surface area contributed by atoms with Gasteiger partial charge in [0, 0.05) is 5.92 Å². The topological polar surface area (TPSA) is 0 Å². The minimum Gasteiger partial charge on any atom is -0.0870 e. The van der Waals surface area contributed by atoms with E-state index in [-0.39, 0.29) is 0 Å². The van der Waals surface area contributed by atoms with Crippen LogP contribution >= 0.6 is 0 Å². The van der Waals surface area contributed by atoms with Crippen LogP contribution < -0.4 is 0 Å². The highest BCUT2D eigenvalue weighted by atomic mass is 14.3. The molecule has 1 atom stereocenters. The van der Waals surface area contributed by atoms with Crippen molar-refractivity contribution in [3.8, 4) is 0 Å². The molecule has 0 nitrogen and oxygen atoms in total. The van der Waals surface area contributed by atoms with Gasteiger partial charge in [-0.3, -0.25) is 0 Å². The molecule has 0 bridgehead atoms. The summed E-state index contributed by atoms with van der Waals surface area (Å²) in [7, 11) is 0. The van der Waals surface area contributed by atoms with Crippen molar-refractivity contribution in [3.63, 3.8) is 0 Å². The fourth-order valence-corrected chi connectivity index (χ4v) is 3.25. The Morgan fingerprint density at radius 2 is 1.95 bits per heavy atom. The van der Waals surface area contributed by atoms with Crippen molar-refractivity contribution in [1.29, 1.82) is 0 Å². The number of hydrogen-bond acceptors (Lipinski definition) is 0. The molecule has 0 N–H and O–H groups in total. The molecule has 1 unspecified atom stereocenters. The monoisotopic (exact) mass is 248 g/mol. The Bertz CT molecular complexity index is 609. The highest BCUT2D eigenvalue weighted by molar-refractivity contribution is 6.04. The van der Waals surface area contributed by atoms with E-state index >= 15 is 0 Å². The first kappa shape index (κ1) is 12.2. The molecular weight excluding hydrogens is 228 g/mol. The fraction of sp³-hybridized carbons (Fsp3) is 0.263. The smallest absolute Gasteiger partial charge is 0.00333 e. The summed E-state index contributed by atoms with van der Waals surface area (Å²) in [6.07, 6.45) is 13.8. The first-order chi connectivity index (χ1) is 9.36. The minimum absolute atomic E-state index is 0.573. The minimum atomic E-state index is 0.573. The zero-order valence-corrected chi connectivity index (χ0v) is 11.7. The van der Waals surface area contributed by atoms with Crippen molar-refractivity contribution in [1.82, 2.24) is 0 Å². The van der Waals surface area contributed by atoms with E-state index < -0.39 is 0 Å². The Balaban J connectivity index is 2.20. The van der Waals surface area contributed by atoms with Crippen LogP contribution in [0.5, 0.6) is 0 Å². The molecule has 0 aliphatic heterocycles. The lowest BCUT2D eigenvalue weighted by molar-refractivity contribution is 0.673. The first-order valence-electron chi connectivity index (χ1n) is 7.22. The molecule has 0 amide bonds. The van der Waals surface area contributed by atoms with Crippen molar-refractivity contribution in [3.05, 3.63) is 71.3 Å². The number of rotatable bonds is 3. The van der Waals surface area contributed by atoms with Crippen molar-refractivity contribution < 1.29 is 0 Å². The third-order valence-corrected chi connectivity index (χ3v) is 4.00. The largest absolute Gasteiger partial charge is 0.0870 e. The van der Waals surface area contributed by atoms with Gasteiger partial charge in [0.25, 0.3) is 0 Å². The molecule has 2 aliphatic carbocycles. The predicted octanol–water partition coefficient (Wildman–Crippen LogP) is 5.40. The Labute approximate surface area is 115 Å². The molecule has 2 aliphatic rings. The Morgan fingerprint density at radius 1 is 1.16 bits per heavy atom. The molecule has 96 valence electrons. The first-order valence-corrected chi connectivity index (χ1v) is 7.22. The molecule has 0 heterocycles. The van der Waals surface area contributed by atoms with E-state index in [4.69, 9.17) is 0 Å². The van der Waals surface area contributed by atoms with Crippen LogP contribution in [0, 0.1) is 5.92 Å². The predicted molar refractivity (Wildman–Crippen MR) is 83.7 cm³/mol. The fourth-order valence-electron chi connectivity index (χ4n) is 3.25. The van der Waals surface area contributed by atoms with Crippen LogP contribution in [0.3, 0.4) is 0 Å². The van der Waals surface area contributed by atoms with E-state index in [2.05, 4.69) is 68.5 Å². The second kappa shape index (κ2) is 5.05. The molecule has 0 saturated carbocycles. The summed E-state index contributed by atoms with van der Waals surface area (Å²) in [5.41, 5.74) is 7.18. The van der Waals surface area contributed by atoms with Gasteiger partial charge in [0.15, 0.2) is 0 Å². The Hall–Kier alpha value is -1.82. The molecule has 1 aromatic carbocycles. The number of benzene rings is 1. The maximum absolute atomic E-state index is 2.36. The summed E-state index contributed by atoms with van der Waals surface area (Å²) in [5, 5.41) is 0. The van der Waals surface area contributed by atoms with Crippen molar-refractivity contribution in [2.24, 2.45) is 5.92 Å². The molecule has 0 saturated heterocycles. The van der Waals surface area contributed by atoms with Gasteiger partial charge in [-0.2, -0.15) is 0 Å². The lowest BCUT2D eigenvalue weighted by Gasteiger charge is -2.20. The molecule has 0 heteroatoms. The van der Waals surface area contributed by atoms with Gasteiger partial charge < -0.3 is 0 Å². The standard InChI is InChI=1S/C19H20/c1-3-8-14-10-7-13-18-16-12-6-5-11-15(16)17(9-4-2)19(14)18/h4-7,9-14H,3,8H2,1-2H3/b9-4-. The second-order valence-corrected chi connectivity index (χ2v) is 5.23. The number of fused-ring (bicyclic) bond motifs is 3. The molecule has 19 heavy (non-hydrogen) atoms. The maximum Gasteiger partial charge on any atom is 0.00333 e. The van der Waals surface area contributed by atoms with Gasteiger partial charge in [-0.05, 0) is 41.2 Å². The van der Waals surface area contributed by atoms with Crippen molar-refractivity contribution >= 4 is 11.1 Å². The van der Waals surface area contributed by atoms with Crippen LogP contribution in [-0.4, -0.2) is 0 Å². The molecule has 0 fully saturated rings. The Kier molecular flexibility index (Phi) is 3.25. The van der Waals surface area contributed by atoms with E-state index in [1.807, 2.05) is 0 Å². The molecule has 0 radical (unpaired) electrons.